The van der Waals surface area contributed by atoms with Crippen LogP contribution in [-0.2, 0) is 28.4 Å². The van der Waals surface area contributed by atoms with Gasteiger partial charge in [-0.2, -0.15) is 0 Å². The van der Waals surface area contributed by atoms with Gasteiger partial charge in [0.05, 0.1) is 79.3 Å². The van der Waals surface area contributed by atoms with Crippen molar-refractivity contribution in [3.63, 3.8) is 0 Å². The van der Waals surface area contributed by atoms with E-state index in [0.29, 0.717) is 72.7 Å². The Morgan fingerprint density at radius 3 is 1.07 bits per heavy atom. The Hall–Kier alpha value is -0.280. The molecule has 0 spiro atoms. The first-order valence-electron chi connectivity index (χ1n) is 11.5. The van der Waals surface area contributed by atoms with Gasteiger partial charge in [0.2, 0.25) is 0 Å². The Morgan fingerprint density at radius 2 is 0.690 bits per heavy atom. The molecule has 29 heavy (non-hydrogen) atoms. The van der Waals surface area contributed by atoms with Crippen LogP contribution in [0.3, 0.4) is 0 Å². The Bertz CT molecular complexity index is 254. The van der Waals surface area contributed by atoms with E-state index < -0.39 is 0 Å². The third kappa shape index (κ3) is 27.7. The highest BCUT2D eigenvalue weighted by Crippen LogP contribution is 2.08. The van der Waals surface area contributed by atoms with Gasteiger partial charge in [0.15, 0.2) is 0 Å². The lowest BCUT2D eigenvalue weighted by molar-refractivity contribution is -0.0182. The van der Waals surface area contributed by atoms with Crippen LogP contribution in [-0.4, -0.2) is 91.0 Å². The van der Waals surface area contributed by atoms with Gasteiger partial charge in [0.25, 0.3) is 0 Å². The van der Waals surface area contributed by atoms with Gasteiger partial charge in [0.1, 0.15) is 0 Å². The van der Waals surface area contributed by atoms with Crippen LogP contribution in [0.4, 0.5) is 0 Å². The van der Waals surface area contributed by atoms with Crippen molar-refractivity contribution in [1.29, 1.82) is 0 Å². The monoisotopic (exact) mass is 422 g/mol. The van der Waals surface area contributed by atoms with E-state index in [0.717, 1.165) is 13.0 Å². The molecular weight excluding hydrogens is 376 g/mol. The molecule has 1 N–H and O–H groups in total. The van der Waals surface area contributed by atoms with Crippen LogP contribution in [0.15, 0.2) is 0 Å². The Balaban J connectivity index is 2.97. The van der Waals surface area contributed by atoms with Crippen LogP contribution < -0.4 is 0 Å². The lowest BCUT2D eigenvalue weighted by Crippen LogP contribution is -2.14. The molecular formula is C22H46O7. The fourth-order valence-electron chi connectivity index (χ4n) is 2.60. The predicted octanol–water partition coefficient (Wildman–Crippen LogP) is 3.22. The van der Waals surface area contributed by atoms with Crippen molar-refractivity contribution in [3.8, 4) is 0 Å². The van der Waals surface area contributed by atoms with Crippen molar-refractivity contribution < 1.29 is 33.5 Å². The molecule has 176 valence electrons. The zero-order valence-corrected chi connectivity index (χ0v) is 18.7. The molecule has 0 heterocycles. The lowest BCUT2D eigenvalue weighted by atomic mass is 10.1. The molecule has 0 aromatic carbocycles. The smallest absolute Gasteiger partial charge is 0.0701 e. The topological polar surface area (TPSA) is 75.6 Å². The summed E-state index contributed by atoms with van der Waals surface area (Å²) < 4.78 is 32.3. The molecule has 0 rings (SSSR count). The first-order valence-corrected chi connectivity index (χ1v) is 11.5. The van der Waals surface area contributed by atoms with E-state index >= 15 is 0 Å². The summed E-state index contributed by atoms with van der Waals surface area (Å²) >= 11 is 0. The van der Waals surface area contributed by atoms with E-state index in [1.165, 1.54) is 44.9 Å². The largest absolute Gasteiger partial charge is 0.394 e. The molecule has 0 aliphatic carbocycles. The van der Waals surface area contributed by atoms with E-state index in [2.05, 4.69) is 6.92 Å². The van der Waals surface area contributed by atoms with Gasteiger partial charge in [0, 0.05) is 6.61 Å². The van der Waals surface area contributed by atoms with Gasteiger partial charge in [-0.25, -0.2) is 0 Å². The third-order valence-electron chi connectivity index (χ3n) is 4.24. The molecule has 0 aliphatic rings. The molecule has 0 saturated carbocycles. The SMILES string of the molecule is CCCCCCCCCCOCCOCCOCCOCCOCCOCCO. The number of hydrogen-bond donors (Lipinski definition) is 1. The minimum atomic E-state index is 0.0429. The van der Waals surface area contributed by atoms with E-state index in [1.54, 1.807) is 0 Å². The predicted molar refractivity (Wildman–Crippen MR) is 115 cm³/mol. The number of hydrogen-bond acceptors (Lipinski definition) is 7. The molecule has 0 amide bonds. The van der Waals surface area contributed by atoms with Crippen molar-refractivity contribution in [2.24, 2.45) is 0 Å². The van der Waals surface area contributed by atoms with E-state index in [-0.39, 0.29) is 6.61 Å². The molecule has 7 nitrogen and oxygen atoms in total. The summed E-state index contributed by atoms with van der Waals surface area (Å²) in [5.74, 6) is 0. The number of ether oxygens (including phenoxy) is 6. The Labute approximate surface area is 178 Å². The third-order valence-corrected chi connectivity index (χ3v) is 4.24. The van der Waals surface area contributed by atoms with E-state index in [1.807, 2.05) is 0 Å². The molecule has 0 unspecified atom stereocenters. The maximum absolute atomic E-state index is 8.54. The van der Waals surface area contributed by atoms with E-state index in [9.17, 15) is 0 Å². The summed E-state index contributed by atoms with van der Waals surface area (Å²) in [5, 5.41) is 8.54. The van der Waals surface area contributed by atoms with Crippen LogP contribution in [0, 0.1) is 0 Å². The van der Waals surface area contributed by atoms with Crippen molar-refractivity contribution in [3.05, 3.63) is 0 Å². The summed E-state index contributed by atoms with van der Waals surface area (Å²) in [7, 11) is 0. The van der Waals surface area contributed by atoms with Crippen LogP contribution >= 0.6 is 0 Å². The number of aliphatic hydroxyl groups is 1. The van der Waals surface area contributed by atoms with Crippen molar-refractivity contribution in [2.45, 2.75) is 58.3 Å². The maximum Gasteiger partial charge on any atom is 0.0701 e. The fourth-order valence-corrected chi connectivity index (χ4v) is 2.60. The average molecular weight is 423 g/mol. The lowest BCUT2D eigenvalue weighted by Gasteiger charge is -2.08. The molecule has 7 heteroatoms. The van der Waals surface area contributed by atoms with Crippen molar-refractivity contribution in [2.75, 3.05) is 85.9 Å². The van der Waals surface area contributed by atoms with Crippen LogP contribution in [0.1, 0.15) is 58.3 Å². The van der Waals surface area contributed by atoms with E-state index in [4.69, 9.17) is 33.5 Å². The van der Waals surface area contributed by atoms with Gasteiger partial charge >= 0.3 is 0 Å². The minimum Gasteiger partial charge on any atom is -0.394 e. The summed E-state index contributed by atoms with van der Waals surface area (Å²) in [5.41, 5.74) is 0. The van der Waals surface area contributed by atoms with Crippen molar-refractivity contribution >= 4 is 0 Å². The molecule has 0 radical (unpaired) electrons. The summed E-state index contributed by atoms with van der Waals surface area (Å²) in [6.45, 7) is 9.10. The fraction of sp³-hybridized carbons (Fsp3) is 1.00. The van der Waals surface area contributed by atoms with Crippen LogP contribution in [0.25, 0.3) is 0 Å². The molecule has 0 bridgehead atoms. The number of rotatable bonds is 26. The van der Waals surface area contributed by atoms with Crippen LogP contribution in [0.2, 0.25) is 0 Å². The quantitative estimate of drug-likeness (QED) is 0.215. The highest BCUT2D eigenvalue weighted by molar-refractivity contribution is 4.46. The highest BCUT2D eigenvalue weighted by Gasteiger charge is 1.95. The van der Waals surface area contributed by atoms with Gasteiger partial charge in [-0.05, 0) is 6.42 Å². The second kappa shape index (κ2) is 27.7. The standard InChI is InChI=1S/C22H46O7/c1-2-3-4-5-6-7-8-9-11-24-13-15-26-17-19-28-21-22-29-20-18-27-16-14-25-12-10-23/h23H,2-22H2,1H3. The van der Waals surface area contributed by atoms with Gasteiger partial charge in [-0.3, -0.25) is 0 Å². The summed E-state index contributed by atoms with van der Waals surface area (Å²) in [6, 6.07) is 0. The zero-order valence-electron chi connectivity index (χ0n) is 18.7. The Morgan fingerprint density at radius 1 is 0.379 bits per heavy atom. The van der Waals surface area contributed by atoms with Crippen molar-refractivity contribution in [1.82, 2.24) is 0 Å². The first kappa shape index (κ1) is 28.7. The average Bonchev–Trinajstić information content (AvgIpc) is 2.74. The Kier molecular flexibility index (Phi) is 27.5. The summed E-state index contributed by atoms with van der Waals surface area (Å²) in [4.78, 5) is 0. The molecule has 0 atom stereocenters. The zero-order chi connectivity index (χ0) is 21.1. The normalized spacial score (nSPS) is 11.4. The van der Waals surface area contributed by atoms with Gasteiger partial charge in [-0.15, -0.1) is 0 Å². The van der Waals surface area contributed by atoms with Crippen LogP contribution in [0.5, 0.6) is 0 Å². The highest BCUT2D eigenvalue weighted by atomic mass is 16.6. The summed E-state index contributed by atoms with van der Waals surface area (Å²) in [6.07, 6.45) is 10.6. The molecule has 0 fully saturated rings. The first-order chi connectivity index (χ1) is 14.4. The molecule has 0 aromatic heterocycles. The number of unbranched alkanes of at least 4 members (excludes halogenated alkanes) is 7. The molecule has 0 aromatic rings. The number of aliphatic hydroxyl groups excluding tert-OH is 1. The minimum absolute atomic E-state index is 0.0429. The van der Waals surface area contributed by atoms with Gasteiger partial charge in [-0.1, -0.05) is 51.9 Å². The second-order valence-electron chi connectivity index (χ2n) is 6.87. The maximum atomic E-state index is 8.54. The van der Waals surface area contributed by atoms with Gasteiger partial charge < -0.3 is 33.5 Å². The second-order valence-corrected chi connectivity index (χ2v) is 6.87. The molecule has 0 aliphatic heterocycles. The molecule has 0 saturated heterocycles.